The summed E-state index contributed by atoms with van der Waals surface area (Å²) < 4.78 is 38.1. The first kappa shape index (κ1) is 19.6. The van der Waals surface area contributed by atoms with Gasteiger partial charge in [-0.25, -0.2) is 18.0 Å². The lowest BCUT2D eigenvalue weighted by atomic mass is 10.2. The third-order valence-electron chi connectivity index (χ3n) is 3.98. The van der Waals surface area contributed by atoms with Crippen molar-refractivity contribution >= 4 is 79.6 Å². The predicted octanol–water partition coefficient (Wildman–Crippen LogP) is 5.02. The van der Waals surface area contributed by atoms with Crippen LogP contribution in [0.4, 0.5) is 0 Å². The lowest BCUT2D eigenvalue weighted by molar-refractivity contribution is 0.520. The molecule has 4 rings (SSSR count). The number of benzene rings is 2. The van der Waals surface area contributed by atoms with E-state index in [1.54, 1.807) is 30.3 Å². The molecule has 0 fully saturated rings. The number of sulfone groups is 1. The lowest BCUT2D eigenvalue weighted by Crippen LogP contribution is -2.20. The van der Waals surface area contributed by atoms with Gasteiger partial charge in [0.05, 0.1) is 8.95 Å². The number of hydrogen-bond donors (Lipinski definition) is 0. The van der Waals surface area contributed by atoms with E-state index in [1.165, 1.54) is 12.1 Å². The number of rotatable bonds is 2. The lowest BCUT2D eigenvalue weighted by Gasteiger charge is -2.07. The van der Waals surface area contributed by atoms with E-state index in [9.17, 15) is 18.0 Å². The normalized spacial score (nSPS) is 12.0. The van der Waals surface area contributed by atoms with Crippen molar-refractivity contribution in [1.29, 1.82) is 0 Å². The Morgan fingerprint density at radius 1 is 0.714 bits per heavy atom. The molecule has 0 atom stereocenters. The largest absolute Gasteiger partial charge is 0.421 e. The summed E-state index contributed by atoms with van der Waals surface area (Å²) in [5.41, 5.74) is -1.75. The van der Waals surface area contributed by atoms with Crippen molar-refractivity contribution in [3.63, 3.8) is 0 Å². The highest BCUT2D eigenvalue weighted by molar-refractivity contribution is 9.11. The Morgan fingerprint density at radius 3 is 1.93 bits per heavy atom. The second-order valence-corrected chi connectivity index (χ2v) is 10.3. The summed E-state index contributed by atoms with van der Waals surface area (Å²) in [5, 5.41) is 0.760. The van der Waals surface area contributed by atoms with Crippen molar-refractivity contribution < 1.29 is 17.3 Å². The zero-order valence-electron chi connectivity index (χ0n) is 13.5. The van der Waals surface area contributed by atoms with E-state index in [-0.39, 0.29) is 11.2 Å². The average molecular weight is 591 g/mol. The Balaban J connectivity index is 2.03. The van der Waals surface area contributed by atoms with Crippen molar-refractivity contribution in [2.45, 2.75) is 9.79 Å². The highest BCUT2D eigenvalue weighted by atomic mass is 79.9. The number of halogens is 3. The van der Waals surface area contributed by atoms with Crippen LogP contribution in [0.25, 0.3) is 21.9 Å². The van der Waals surface area contributed by atoms with Crippen LogP contribution >= 0.6 is 47.8 Å². The standard InChI is InChI=1S/C18H7Br3O6S/c19-10-4-9-6-14(18(23)27-16(9)12(21)7-10)28(24,25)13-5-8-2-1-3-11(20)15(8)26-17(13)22/h1-7H. The minimum absolute atomic E-state index is 0.196. The highest BCUT2D eigenvalue weighted by Crippen LogP contribution is 2.30. The second-order valence-electron chi connectivity index (χ2n) is 5.76. The summed E-state index contributed by atoms with van der Waals surface area (Å²) in [7, 11) is -4.48. The minimum Gasteiger partial charge on any atom is -0.421 e. The van der Waals surface area contributed by atoms with Gasteiger partial charge in [-0.05, 0) is 62.2 Å². The van der Waals surface area contributed by atoms with Gasteiger partial charge in [-0.15, -0.1) is 0 Å². The molecule has 0 radical (unpaired) electrons. The smallest absolute Gasteiger partial charge is 0.355 e. The molecule has 0 aliphatic heterocycles. The molecule has 0 amide bonds. The van der Waals surface area contributed by atoms with E-state index in [0.717, 1.165) is 0 Å². The number of fused-ring (bicyclic) bond motifs is 2. The Hall–Kier alpha value is -1.75. The minimum atomic E-state index is -4.48. The molecule has 0 N–H and O–H groups in total. The molecular weight excluding hydrogens is 584 g/mol. The van der Waals surface area contributed by atoms with Crippen LogP contribution in [0, 0.1) is 0 Å². The zero-order valence-corrected chi connectivity index (χ0v) is 19.1. The molecule has 142 valence electrons. The maximum Gasteiger partial charge on any atom is 0.355 e. The van der Waals surface area contributed by atoms with Gasteiger partial charge in [-0.2, -0.15) is 0 Å². The quantitative estimate of drug-likeness (QED) is 0.304. The van der Waals surface area contributed by atoms with E-state index in [1.807, 2.05) is 0 Å². The van der Waals surface area contributed by atoms with Crippen LogP contribution in [-0.2, 0) is 9.84 Å². The maximum absolute atomic E-state index is 13.1. The summed E-state index contributed by atoms with van der Waals surface area (Å²) in [5.74, 6) is 0. The van der Waals surface area contributed by atoms with Crippen LogP contribution in [0.2, 0.25) is 0 Å². The second kappa shape index (κ2) is 6.94. The predicted molar refractivity (Wildman–Crippen MR) is 114 cm³/mol. The fraction of sp³-hybridized carbons (Fsp3) is 0. The third-order valence-corrected chi connectivity index (χ3v) is 7.38. The number of para-hydroxylation sites is 1. The molecule has 0 saturated carbocycles. The summed E-state index contributed by atoms with van der Waals surface area (Å²) in [4.78, 5) is 23.5. The Kier molecular flexibility index (Phi) is 4.85. The summed E-state index contributed by atoms with van der Waals surface area (Å²) in [6.07, 6.45) is 0. The molecule has 28 heavy (non-hydrogen) atoms. The van der Waals surface area contributed by atoms with E-state index in [2.05, 4.69) is 47.8 Å². The first-order valence-electron chi connectivity index (χ1n) is 7.59. The van der Waals surface area contributed by atoms with E-state index in [0.29, 0.717) is 24.2 Å². The first-order chi connectivity index (χ1) is 13.2. The molecule has 6 nitrogen and oxygen atoms in total. The molecule has 0 aliphatic rings. The topological polar surface area (TPSA) is 94.6 Å². The van der Waals surface area contributed by atoms with Gasteiger partial charge >= 0.3 is 11.3 Å². The first-order valence-corrected chi connectivity index (χ1v) is 11.4. The van der Waals surface area contributed by atoms with Crippen LogP contribution < -0.4 is 11.3 Å². The van der Waals surface area contributed by atoms with Gasteiger partial charge in [0.15, 0.2) is 21.0 Å². The Morgan fingerprint density at radius 2 is 1.29 bits per heavy atom. The van der Waals surface area contributed by atoms with E-state index in [4.69, 9.17) is 8.83 Å². The molecule has 2 heterocycles. The molecule has 0 unspecified atom stereocenters. The van der Waals surface area contributed by atoms with Crippen molar-refractivity contribution in [2.75, 3.05) is 0 Å². The molecule has 2 aromatic carbocycles. The Bertz CT molecular complexity index is 1500. The van der Waals surface area contributed by atoms with E-state index < -0.39 is 30.9 Å². The molecule has 0 saturated heterocycles. The fourth-order valence-corrected chi connectivity index (χ4v) is 5.85. The zero-order chi connectivity index (χ0) is 20.2. The number of hydrogen-bond acceptors (Lipinski definition) is 6. The molecule has 10 heteroatoms. The van der Waals surface area contributed by atoms with Crippen molar-refractivity contribution in [3.05, 3.63) is 76.7 Å². The molecule has 0 bridgehead atoms. The molecule has 0 spiro atoms. The van der Waals surface area contributed by atoms with Gasteiger partial charge in [-0.3, -0.25) is 0 Å². The Labute approximate surface area is 182 Å². The monoisotopic (exact) mass is 588 g/mol. The van der Waals surface area contributed by atoms with Gasteiger partial charge in [0, 0.05) is 15.2 Å². The summed E-state index contributed by atoms with van der Waals surface area (Å²) in [6.45, 7) is 0. The molecule has 0 aliphatic carbocycles. The molecular formula is C18H7Br3O6S. The summed E-state index contributed by atoms with van der Waals surface area (Å²) in [6, 6.07) is 10.5. The van der Waals surface area contributed by atoms with Gasteiger partial charge < -0.3 is 8.83 Å². The SMILES string of the molecule is O=c1oc2c(Br)cccc2cc1S(=O)(=O)c1cc2cc(Br)cc(Br)c2oc1=O. The highest BCUT2D eigenvalue weighted by Gasteiger charge is 2.28. The van der Waals surface area contributed by atoms with Crippen LogP contribution in [-0.4, -0.2) is 8.42 Å². The van der Waals surface area contributed by atoms with Crippen molar-refractivity contribution in [3.8, 4) is 0 Å². The van der Waals surface area contributed by atoms with Crippen molar-refractivity contribution in [1.82, 2.24) is 0 Å². The maximum atomic E-state index is 13.1. The average Bonchev–Trinajstić information content (AvgIpc) is 2.62. The van der Waals surface area contributed by atoms with Crippen LogP contribution in [0.5, 0.6) is 0 Å². The molecule has 2 aromatic heterocycles. The van der Waals surface area contributed by atoms with E-state index >= 15 is 0 Å². The van der Waals surface area contributed by atoms with Gasteiger partial charge in [0.2, 0.25) is 9.84 Å². The van der Waals surface area contributed by atoms with Crippen LogP contribution in [0.1, 0.15) is 0 Å². The van der Waals surface area contributed by atoms with Crippen molar-refractivity contribution in [2.24, 2.45) is 0 Å². The van der Waals surface area contributed by atoms with Gasteiger partial charge in [0.25, 0.3) is 0 Å². The van der Waals surface area contributed by atoms with Gasteiger partial charge in [-0.1, -0.05) is 28.1 Å². The fourth-order valence-electron chi connectivity index (χ4n) is 2.72. The van der Waals surface area contributed by atoms with Crippen LogP contribution in [0.3, 0.4) is 0 Å². The third kappa shape index (κ3) is 3.18. The summed E-state index contributed by atoms with van der Waals surface area (Å²) >= 11 is 9.81. The molecule has 4 aromatic rings. The van der Waals surface area contributed by atoms with Crippen LogP contribution in [0.15, 0.2) is 84.1 Å². The van der Waals surface area contributed by atoms with Gasteiger partial charge in [0.1, 0.15) is 0 Å².